The fraction of sp³-hybridized carbons (Fsp3) is 0.611. The number of hydrogen-bond donors (Lipinski definition) is 0. The van der Waals surface area contributed by atoms with Gasteiger partial charge in [-0.1, -0.05) is 57.8 Å². The number of aryl methyl sites for hydroxylation is 2. The number of methoxy groups -OCH3 is 2. The summed E-state index contributed by atoms with van der Waals surface area (Å²) in [6.07, 6.45) is 1.23. The second kappa shape index (κ2) is 12.1. The molecule has 4 aliphatic heterocycles. The Morgan fingerprint density at radius 2 is 1.17 bits per heavy atom. The lowest BCUT2D eigenvalue weighted by Crippen LogP contribution is -2.46. The molecule has 4 aliphatic rings. The van der Waals surface area contributed by atoms with Gasteiger partial charge in [0.25, 0.3) is 0 Å². The van der Waals surface area contributed by atoms with Crippen molar-refractivity contribution in [3.8, 4) is 0 Å². The van der Waals surface area contributed by atoms with Crippen LogP contribution in [0.1, 0.15) is 89.9 Å². The number of carbonyl (C=O) groups is 2. The molecule has 2 aromatic carbocycles. The molecule has 2 spiro atoms. The first-order chi connectivity index (χ1) is 21.4. The van der Waals surface area contributed by atoms with E-state index in [-0.39, 0.29) is 30.4 Å². The Kier molecular flexibility index (Phi) is 9.44. The number of halogens is 2. The summed E-state index contributed by atoms with van der Waals surface area (Å²) in [5.74, 6) is -0.0219. The number of hydrogen-bond acceptors (Lipinski definition) is 8. The van der Waals surface area contributed by atoms with Crippen molar-refractivity contribution in [2.45, 2.75) is 114 Å². The Bertz CT molecular complexity index is 1540. The maximum Gasteiger partial charge on any atom is 0.204 e. The van der Waals surface area contributed by atoms with Crippen molar-refractivity contribution in [2.75, 3.05) is 27.4 Å². The zero-order valence-corrected chi connectivity index (χ0v) is 31.6. The van der Waals surface area contributed by atoms with Crippen LogP contribution in [-0.4, -0.2) is 72.6 Å². The Morgan fingerprint density at radius 3 is 1.65 bits per heavy atom. The Labute approximate surface area is 289 Å². The van der Waals surface area contributed by atoms with Crippen molar-refractivity contribution in [3.05, 3.63) is 67.6 Å². The zero-order valence-electron chi connectivity index (χ0n) is 28.5. The van der Waals surface area contributed by atoms with Gasteiger partial charge in [0.2, 0.25) is 11.6 Å². The van der Waals surface area contributed by atoms with Crippen LogP contribution in [0.2, 0.25) is 0 Å². The topological polar surface area (TPSA) is 96.1 Å². The number of rotatable bonds is 8. The molecular formula is C36H46Br2O8. The molecule has 8 nitrogen and oxygen atoms in total. The number of carbonyl (C=O) groups excluding carboxylic acids is 2. The molecule has 0 aliphatic carbocycles. The van der Waals surface area contributed by atoms with E-state index < -0.39 is 33.6 Å². The lowest BCUT2D eigenvalue weighted by atomic mass is 9.79. The second-order valence-corrected chi connectivity index (χ2v) is 15.9. The molecule has 6 rings (SSSR count). The average molecular weight is 767 g/mol. The lowest BCUT2D eigenvalue weighted by molar-refractivity contribution is -0.143. The van der Waals surface area contributed by atoms with Gasteiger partial charge in [0.1, 0.15) is 29.0 Å². The monoisotopic (exact) mass is 764 g/mol. The SMILES string of the molecule is CCc1cc(Br)ccc1C1OC12C(=O)C(C)(C)OC2(C)COC.CCc1cc(Br)ccc1C1OC12C(=O)C(C)(COC)OC2(C)C. The van der Waals surface area contributed by atoms with E-state index in [1.54, 1.807) is 35.0 Å². The third kappa shape index (κ3) is 5.39. The number of Topliss-reactive ketones (excluding diaryl/α,β-unsaturated/α-hetero) is 2. The highest BCUT2D eigenvalue weighted by Crippen LogP contribution is 2.65. The van der Waals surface area contributed by atoms with Crippen LogP contribution in [-0.2, 0) is 50.9 Å². The van der Waals surface area contributed by atoms with E-state index >= 15 is 0 Å². The van der Waals surface area contributed by atoms with Gasteiger partial charge in [0.05, 0.1) is 13.2 Å². The fourth-order valence-corrected chi connectivity index (χ4v) is 8.67. The maximum atomic E-state index is 13.1. The molecule has 10 heteroatoms. The van der Waals surface area contributed by atoms with E-state index in [9.17, 15) is 9.59 Å². The number of ether oxygens (including phenoxy) is 6. The van der Waals surface area contributed by atoms with Gasteiger partial charge < -0.3 is 28.4 Å². The smallest absolute Gasteiger partial charge is 0.204 e. The van der Waals surface area contributed by atoms with E-state index in [0.29, 0.717) is 6.61 Å². The minimum Gasteiger partial charge on any atom is -0.382 e. The summed E-state index contributed by atoms with van der Waals surface area (Å²) in [5, 5.41) is 0. The van der Waals surface area contributed by atoms with E-state index in [1.165, 1.54) is 11.1 Å². The minimum atomic E-state index is -0.964. The van der Waals surface area contributed by atoms with Gasteiger partial charge in [-0.25, -0.2) is 0 Å². The Balaban J connectivity index is 0.000000181. The van der Waals surface area contributed by atoms with E-state index in [2.05, 4.69) is 57.8 Å². The summed E-state index contributed by atoms with van der Waals surface area (Å²) >= 11 is 7.01. The first-order valence-electron chi connectivity index (χ1n) is 15.8. The summed E-state index contributed by atoms with van der Waals surface area (Å²) in [7, 11) is 3.20. The minimum absolute atomic E-state index is 0.000443. The van der Waals surface area contributed by atoms with Gasteiger partial charge >= 0.3 is 0 Å². The molecule has 46 heavy (non-hydrogen) atoms. The maximum absolute atomic E-state index is 13.1. The van der Waals surface area contributed by atoms with Crippen molar-refractivity contribution in [3.63, 3.8) is 0 Å². The molecule has 4 fully saturated rings. The highest BCUT2D eigenvalue weighted by molar-refractivity contribution is 9.10. The van der Waals surface area contributed by atoms with Gasteiger partial charge in [-0.2, -0.15) is 0 Å². The van der Waals surface area contributed by atoms with Gasteiger partial charge in [-0.15, -0.1) is 0 Å². The van der Waals surface area contributed by atoms with Gasteiger partial charge in [0, 0.05) is 23.2 Å². The summed E-state index contributed by atoms with van der Waals surface area (Å²) in [5.41, 5.74) is -0.690. The number of epoxide rings is 2. The molecule has 0 aromatic heterocycles. The van der Waals surface area contributed by atoms with Crippen LogP contribution in [0, 0.1) is 0 Å². The molecule has 252 valence electrons. The molecule has 0 bridgehead atoms. The number of benzene rings is 2. The van der Waals surface area contributed by atoms with E-state index in [0.717, 1.165) is 32.9 Å². The zero-order chi connectivity index (χ0) is 34.1. The molecule has 0 N–H and O–H groups in total. The molecule has 2 aromatic rings. The molecule has 4 saturated heterocycles. The van der Waals surface area contributed by atoms with E-state index in [1.807, 2.05) is 45.0 Å². The fourth-order valence-electron chi connectivity index (χ4n) is 7.85. The van der Waals surface area contributed by atoms with E-state index in [4.69, 9.17) is 28.4 Å². The predicted molar refractivity (Wildman–Crippen MR) is 181 cm³/mol. The first kappa shape index (κ1) is 35.8. The van der Waals surface area contributed by atoms with Crippen molar-refractivity contribution >= 4 is 43.4 Å². The van der Waals surface area contributed by atoms with Crippen LogP contribution in [0.5, 0.6) is 0 Å². The number of ketones is 2. The standard InChI is InChI=1S/2C18H23BrO4/c1-6-11-9-12(19)7-8-13(11)14-18(22-14)15(20)17(4,10-21-5)23-16(18,2)3;1-6-11-9-12(19)7-8-13(11)14-18(22-14)15(20)16(2,3)23-17(18,4)10-21-5/h2*7-9,14H,6,10H2,1-5H3. The van der Waals surface area contributed by atoms with Crippen LogP contribution in [0.15, 0.2) is 45.3 Å². The normalized spacial score (nSPS) is 35.0. The summed E-state index contributed by atoms with van der Waals surface area (Å²) in [6.45, 7) is 15.9. The highest BCUT2D eigenvalue weighted by Gasteiger charge is 2.81. The molecule has 0 saturated carbocycles. The van der Waals surface area contributed by atoms with Crippen molar-refractivity contribution in [2.24, 2.45) is 0 Å². The summed E-state index contributed by atoms with van der Waals surface area (Å²) in [4.78, 5) is 26.2. The highest BCUT2D eigenvalue weighted by atomic mass is 79.9. The molecule has 4 heterocycles. The molecular weight excluding hydrogens is 720 g/mol. The van der Waals surface area contributed by atoms with Crippen molar-refractivity contribution in [1.29, 1.82) is 0 Å². The van der Waals surface area contributed by atoms with Crippen molar-refractivity contribution in [1.82, 2.24) is 0 Å². The van der Waals surface area contributed by atoms with Crippen LogP contribution in [0.4, 0.5) is 0 Å². The van der Waals surface area contributed by atoms with Gasteiger partial charge in [0.15, 0.2) is 16.8 Å². The molecule has 6 unspecified atom stereocenters. The van der Waals surface area contributed by atoms with Crippen molar-refractivity contribution < 1.29 is 38.0 Å². The third-order valence-electron chi connectivity index (χ3n) is 9.95. The first-order valence-corrected chi connectivity index (χ1v) is 17.4. The molecule has 0 radical (unpaired) electrons. The van der Waals surface area contributed by atoms with Crippen LogP contribution < -0.4 is 0 Å². The Morgan fingerprint density at radius 1 is 0.696 bits per heavy atom. The summed E-state index contributed by atoms with van der Waals surface area (Å²) < 4.78 is 37.0. The van der Waals surface area contributed by atoms with Crippen LogP contribution >= 0.6 is 31.9 Å². The molecule has 6 atom stereocenters. The predicted octanol–water partition coefficient (Wildman–Crippen LogP) is 7.21. The second-order valence-electron chi connectivity index (χ2n) is 14.1. The van der Waals surface area contributed by atoms with Crippen LogP contribution in [0.3, 0.4) is 0 Å². The third-order valence-corrected chi connectivity index (χ3v) is 10.9. The summed E-state index contributed by atoms with van der Waals surface area (Å²) in [6, 6.07) is 12.2. The largest absolute Gasteiger partial charge is 0.382 e. The molecule has 0 amide bonds. The van der Waals surface area contributed by atoms with Gasteiger partial charge in [-0.3, -0.25) is 9.59 Å². The van der Waals surface area contributed by atoms with Crippen LogP contribution in [0.25, 0.3) is 0 Å². The lowest BCUT2D eigenvalue weighted by Gasteiger charge is -2.28. The van der Waals surface area contributed by atoms with Gasteiger partial charge in [-0.05, 0) is 101 Å². The average Bonchev–Trinajstić information content (AvgIpc) is 3.88. The quantitative estimate of drug-likeness (QED) is 0.261. The Hall–Kier alpha value is -1.50.